The minimum absolute atomic E-state index is 0.615. The normalized spacial score (nSPS) is 7.43. The molecule has 0 unspecified atom stereocenters. The summed E-state index contributed by atoms with van der Waals surface area (Å²) in [7, 11) is 0. The molecular weight excluding hydrogens is 88.1 g/mol. The van der Waals surface area contributed by atoms with Crippen molar-refractivity contribution in [3.8, 4) is 0 Å². The third-order valence-corrected chi connectivity index (χ3v) is 0.473. The first kappa shape index (κ1) is 6.08. The molecule has 2 nitrogen and oxygen atoms in total. The van der Waals surface area contributed by atoms with Crippen molar-refractivity contribution in [2.45, 2.75) is 0 Å². The second-order valence-electron chi connectivity index (χ2n) is 1.24. The van der Waals surface area contributed by atoms with E-state index in [1.807, 2.05) is 0 Å². The number of rotatable bonds is 3. The molecule has 0 aliphatic heterocycles. The van der Waals surface area contributed by atoms with E-state index >= 15 is 0 Å². The van der Waals surface area contributed by atoms with Crippen molar-refractivity contribution >= 4 is 0 Å². The summed E-state index contributed by atoms with van der Waals surface area (Å²) >= 11 is 0. The topological polar surface area (TPSA) is 38.0 Å². The molecule has 40 valence electrons. The quantitative estimate of drug-likeness (QED) is 0.529. The van der Waals surface area contributed by atoms with Crippen LogP contribution in [-0.2, 0) is 0 Å². The molecule has 0 aliphatic carbocycles. The molecule has 0 aromatic rings. The lowest BCUT2D eigenvalue weighted by molar-refractivity contribution is 0.931. The van der Waals surface area contributed by atoms with Gasteiger partial charge in [-0.15, -0.1) is 0 Å². The highest BCUT2D eigenvalue weighted by Gasteiger charge is 1.75. The predicted octanol–water partition coefficient (Wildman–Crippen LogP) is 0.192. The molecule has 0 saturated heterocycles. The lowest BCUT2D eigenvalue weighted by atomic mass is 10.5. The molecule has 0 aromatic heterocycles. The van der Waals surface area contributed by atoms with Gasteiger partial charge >= 0.3 is 0 Å². The van der Waals surface area contributed by atoms with Crippen LogP contribution in [-0.4, -0.2) is 6.54 Å². The van der Waals surface area contributed by atoms with Gasteiger partial charge in [-0.2, -0.15) is 0 Å². The van der Waals surface area contributed by atoms with Crippen LogP contribution in [0.25, 0.3) is 0 Å². The van der Waals surface area contributed by atoms with Crippen LogP contribution in [0.2, 0.25) is 0 Å². The molecule has 0 spiro atoms. The van der Waals surface area contributed by atoms with Gasteiger partial charge in [0.15, 0.2) is 0 Å². The van der Waals surface area contributed by atoms with E-state index in [2.05, 4.69) is 18.5 Å². The average molecular weight is 98.1 g/mol. The Labute approximate surface area is 43.7 Å². The molecule has 0 heterocycles. The summed E-state index contributed by atoms with van der Waals surface area (Å²) in [5.74, 6) is 0. The van der Waals surface area contributed by atoms with Gasteiger partial charge in [-0.3, -0.25) is 0 Å². The number of nitrogens with one attached hydrogen (secondary N) is 1. The van der Waals surface area contributed by atoms with Crippen molar-refractivity contribution in [2.24, 2.45) is 5.73 Å². The number of hydrogen-bond donors (Lipinski definition) is 2. The highest BCUT2D eigenvalue weighted by molar-refractivity contribution is 4.90. The van der Waals surface area contributed by atoms with Crippen LogP contribution in [0.5, 0.6) is 0 Å². The SMILES string of the molecule is C=CNCC(=C)N. The first-order valence-corrected chi connectivity index (χ1v) is 2.05. The molecule has 7 heavy (non-hydrogen) atoms. The molecule has 0 fully saturated rings. The van der Waals surface area contributed by atoms with Crippen molar-refractivity contribution in [2.75, 3.05) is 6.54 Å². The van der Waals surface area contributed by atoms with Crippen LogP contribution in [0, 0.1) is 0 Å². The summed E-state index contributed by atoms with van der Waals surface area (Å²) in [6.07, 6.45) is 1.58. The van der Waals surface area contributed by atoms with E-state index in [1.165, 1.54) is 0 Å². The highest BCUT2D eigenvalue weighted by atomic mass is 14.8. The zero-order chi connectivity index (χ0) is 5.70. The summed E-state index contributed by atoms with van der Waals surface area (Å²) in [5.41, 5.74) is 5.80. The zero-order valence-corrected chi connectivity index (χ0v) is 4.28. The van der Waals surface area contributed by atoms with Gasteiger partial charge in [0.05, 0.1) is 6.54 Å². The lowest BCUT2D eigenvalue weighted by Crippen LogP contribution is -2.13. The Morgan fingerprint density at radius 3 is 2.57 bits per heavy atom. The van der Waals surface area contributed by atoms with Gasteiger partial charge in [0, 0.05) is 5.70 Å². The van der Waals surface area contributed by atoms with E-state index in [1.54, 1.807) is 6.20 Å². The average Bonchev–Trinajstić information content (AvgIpc) is 1.61. The molecule has 2 heteroatoms. The van der Waals surface area contributed by atoms with E-state index in [4.69, 9.17) is 5.73 Å². The van der Waals surface area contributed by atoms with E-state index in [-0.39, 0.29) is 0 Å². The van der Waals surface area contributed by atoms with Crippen LogP contribution in [0.3, 0.4) is 0 Å². The van der Waals surface area contributed by atoms with Gasteiger partial charge in [-0.25, -0.2) is 0 Å². The molecule has 0 aliphatic rings. The fraction of sp³-hybridized carbons (Fsp3) is 0.200. The smallest absolute Gasteiger partial charge is 0.0534 e. The van der Waals surface area contributed by atoms with Crippen molar-refractivity contribution < 1.29 is 0 Å². The Hall–Kier alpha value is -0.920. The standard InChI is InChI=1S/C5H10N2/c1-3-7-4-5(2)6/h3,7H,1-2,4,6H2. The molecule has 0 bridgehead atoms. The molecule has 0 radical (unpaired) electrons. The van der Waals surface area contributed by atoms with Crippen molar-refractivity contribution in [3.63, 3.8) is 0 Å². The summed E-state index contributed by atoms with van der Waals surface area (Å²) in [6, 6.07) is 0. The van der Waals surface area contributed by atoms with Crippen LogP contribution >= 0.6 is 0 Å². The minimum atomic E-state index is 0.615. The Morgan fingerprint density at radius 2 is 2.43 bits per heavy atom. The fourth-order valence-corrected chi connectivity index (χ4v) is 0.203. The second-order valence-corrected chi connectivity index (χ2v) is 1.24. The Balaban J connectivity index is 2.97. The third-order valence-electron chi connectivity index (χ3n) is 0.473. The summed E-state index contributed by atoms with van der Waals surface area (Å²) in [5, 5.41) is 2.79. The van der Waals surface area contributed by atoms with Crippen LogP contribution in [0.15, 0.2) is 25.1 Å². The maximum absolute atomic E-state index is 5.17. The molecule has 0 atom stereocenters. The number of hydrogen-bond acceptors (Lipinski definition) is 2. The molecular formula is C5H10N2. The first-order chi connectivity index (χ1) is 3.27. The van der Waals surface area contributed by atoms with Crippen molar-refractivity contribution in [1.82, 2.24) is 5.32 Å². The van der Waals surface area contributed by atoms with Gasteiger partial charge < -0.3 is 11.1 Å². The minimum Gasteiger partial charge on any atom is -0.401 e. The van der Waals surface area contributed by atoms with Gasteiger partial charge in [0.1, 0.15) is 0 Å². The third kappa shape index (κ3) is 5.08. The monoisotopic (exact) mass is 98.1 g/mol. The summed E-state index contributed by atoms with van der Waals surface area (Å²) < 4.78 is 0. The number of nitrogens with two attached hydrogens (primary N) is 1. The molecule has 0 aromatic carbocycles. The second kappa shape index (κ2) is 3.28. The summed E-state index contributed by atoms with van der Waals surface area (Å²) in [6.45, 7) is 7.50. The first-order valence-electron chi connectivity index (χ1n) is 2.05. The molecule has 0 amide bonds. The predicted molar refractivity (Wildman–Crippen MR) is 31.5 cm³/mol. The van der Waals surface area contributed by atoms with Crippen LogP contribution in [0.1, 0.15) is 0 Å². The largest absolute Gasteiger partial charge is 0.401 e. The van der Waals surface area contributed by atoms with Crippen molar-refractivity contribution in [3.05, 3.63) is 25.1 Å². The lowest BCUT2D eigenvalue weighted by Gasteiger charge is -1.94. The maximum atomic E-state index is 5.17. The van der Waals surface area contributed by atoms with E-state index in [0.717, 1.165) is 0 Å². The maximum Gasteiger partial charge on any atom is 0.0534 e. The van der Waals surface area contributed by atoms with Crippen LogP contribution < -0.4 is 11.1 Å². The van der Waals surface area contributed by atoms with E-state index in [9.17, 15) is 0 Å². The van der Waals surface area contributed by atoms with E-state index in [0.29, 0.717) is 12.2 Å². The van der Waals surface area contributed by atoms with Gasteiger partial charge in [-0.05, 0) is 6.20 Å². The van der Waals surface area contributed by atoms with Gasteiger partial charge in [-0.1, -0.05) is 13.2 Å². The van der Waals surface area contributed by atoms with Gasteiger partial charge in [0.25, 0.3) is 0 Å². The summed E-state index contributed by atoms with van der Waals surface area (Å²) in [4.78, 5) is 0. The fourth-order valence-electron chi connectivity index (χ4n) is 0.203. The zero-order valence-electron chi connectivity index (χ0n) is 4.28. The highest BCUT2D eigenvalue weighted by Crippen LogP contribution is 1.67. The Morgan fingerprint density at radius 1 is 1.86 bits per heavy atom. The molecule has 0 saturated carbocycles. The molecule has 3 N–H and O–H groups in total. The Kier molecular flexibility index (Phi) is 2.85. The molecule has 0 rings (SSSR count). The van der Waals surface area contributed by atoms with E-state index < -0.39 is 0 Å². The van der Waals surface area contributed by atoms with Gasteiger partial charge in [0.2, 0.25) is 0 Å². The Bertz CT molecular complexity index is 76.1. The van der Waals surface area contributed by atoms with Crippen molar-refractivity contribution in [1.29, 1.82) is 0 Å². The van der Waals surface area contributed by atoms with Crippen LogP contribution in [0.4, 0.5) is 0 Å².